The average Bonchev–Trinajstić information content (AvgIpc) is 3.35. The number of ether oxygens (including phenoxy) is 4. The third-order valence-electron chi connectivity index (χ3n) is 16.0. The summed E-state index contributed by atoms with van der Waals surface area (Å²) in [5.74, 6) is -2.28. The summed E-state index contributed by atoms with van der Waals surface area (Å²) in [6.07, 6.45) is 8.90. The van der Waals surface area contributed by atoms with E-state index in [1.54, 1.807) is 12.5 Å². The van der Waals surface area contributed by atoms with Gasteiger partial charge >= 0.3 is 11.9 Å². The lowest BCUT2D eigenvalue weighted by Crippen LogP contribution is -2.77. The summed E-state index contributed by atoms with van der Waals surface area (Å²) < 4.78 is 31.9. The first-order valence-electron chi connectivity index (χ1n) is 17.3. The molecule has 1 N–H and O–H groups in total. The highest BCUT2D eigenvalue weighted by Crippen LogP contribution is 2.85. The van der Waals surface area contributed by atoms with Gasteiger partial charge in [0.2, 0.25) is 0 Å². The summed E-state index contributed by atoms with van der Waals surface area (Å²) >= 11 is 0. The van der Waals surface area contributed by atoms with E-state index >= 15 is 0 Å². The van der Waals surface area contributed by atoms with Gasteiger partial charge in [0.15, 0.2) is 11.9 Å². The highest BCUT2D eigenvalue weighted by atomic mass is 16.7. The van der Waals surface area contributed by atoms with Crippen LogP contribution in [0.3, 0.4) is 0 Å². The molecule has 0 radical (unpaired) electrons. The van der Waals surface area contributed by atoms with Crippen LogP contribution in [0.5, 0.6) is 0 Å². The van der Waals surface area contributed by atoms with Crippen molar-refractivity contribution >= 4 is 17.7 Å². The summed E-state index contributed by atoms with van der Waals surface area (Å²) in [6, 6.07) is 1.84. The number of esters is 2. The fourth-order valence-corrected chi connectivity index (χ4v) is 15.1. The molecule has 0 aromatic carbocycles. The zero-order chi connectivity index (χ0) is 31.2. The van der Waals surface area contributed by atoms with Crippen molar-refractivity contribution in [1.82, 2.24) is 0 Å². The molecule has 9 aliphatic rings. The van der Waals surface area contributed by atoms with Crippen molar-refractivity contribution in [3.05, 3.63) is 24.2 Å². The van der Waals surface area contributed by atoms with Crippen LogP contribution < -0.4 is 0 Å². The Bertz CT molecular complexity index is 1540. The van der Waals surface area contributed by atoms with Crippen molar-refractivity contribution in [3.63, 3.8) is 0 Å². The lowest BCUT2D eigenvalue weighted by Gasteiger charge is -2.68. The molecule has 2 bridgehead atoms. The second-order valence-electron chi connectivity index (χ2n) is 17.5. The molecule has 13 unspecified atom stereocenters. The number of carbonyl (C=O) groups is 3. The summed E-state index contributed by atoms with van der Waals surface area (Å²) in [4.78, 5) is 42.9. The number of carbonyl (C=O) groups excluding carboxylic acids is 3. The molecule has 4 aliphatic heterocycles. The Balaban J connectivity index is 1.27. The van der Waals surface area contributed by atoms with Crippen LogP contribution in [-0.4, -0.2) is 58.9 Å². The molecule has 9 heteroatoms. The fourth-order valence-electron chi connectivity index (χ4n) is 15.1. The molecule has 4 saturated heterocycles. The zero-order valence-corrected chi connectivity index (χ0v) is 26.6. The predicted molar refractivity (Wildman–Crippen MR) is 155 cm³/mol. The van der Waals surface area contributed by atoms with Crippen LogP contribution in [0.2, 0.25) is 0 Å². The van der Waals surface area contributed by atoms with E-state index < -0.39 is 69.7 Å². The number of hydrogen-bond acceptors (Lipinski definition) is 9. The van der Waals surface area contributed by atoms with Gasteiger partial charge in [-0.2, -0.15) is 0 Å². The Morgan fingerprint density at radius 3 is 2.38 bits per heavy atom. The minimum atomic E-state index is -1.38. The second-order valence-corrected chi connectivity index (χ2v) is 17.5. The normalized spacial score (nSPS) is 55.9. The van der Waals surface area contributed by atoms with Gasteiger partial charge in [-0.3, -0.25) is 9.59 Å². The standard InChI is InChI=1S/C36H44O9/c1-30(2)23-21(37)24(38)32(4)22-19(14-31(3)25(18-8-13-41-16-18)43-29(40)27-36(31,32)45-27)15-34(12-7-11-33(34)9-5-6-10-33)20-26(44-30)35(22,23)17-42-28(20)39/h8,13,16,19-20,22-27,38H,5-7,9-12,14-15,17H2,1-4H3. The third kappa shape index (κ3) is 2.62. The first-order valence-corrected chi connectivity index (χ1v) is 17.3. The molecule has 45 heavy (non-hydrogen) atoms. The number of aliphatic hydroxyl groups excluding tert-OH is 1. The molecule has 1 aromatic heterocycles. The van der Waals surface area contributed by atoms with Gasteiger partial charge in [-0.15, -0.1) is 0 Å². The van der Waals surface area contributed by atoms with Crippen LogP contribution in [0.25, 0.3) is 0 Å². The van der Waals surface area contributed by atoms with Gasteiger partial charge in [0, 0.05) is 21.8 Å². The summed E-state index contributed by atoms with van der Waals surface area (Å²) in [7, 11) is 0. The maximum Gasteiger partial charge on any atom is 0.339 e. The molecule has 10 rings (SSSR count). The number of rotatable bonds is 1. The van der Waals surface area contributed by atoms with Crippen molar-refractivity contribution in [1.29, 1.82) is 0 Å². The molecule has 5 aliphatic carbocycles. The van der Waals surface area contributed by atoms with Gasteiger partial charge in [0.25, 0.3) is 0 Å². The Morgan fingerprint density at radius 2 is 1.64 bits per heavy atom. The number of Topliss-reactive ketones (excluding diaryl/α,β-unsaturated/α-hetero) is 1. The van der Waals surface area contributed by atoms with Crippen LogP contribution in [0.1, 0.15) is 97.1 Å². The molecule has 4 spiro atoms. The largest absolute Gasteiger partial charge is 0.472 e. The number of hydrogen-bond donors (Lipinski definition) is 1. The van der Waals surface area contributed by atoms with E-state index in [0.29, 0.717) is 6.42 Å². The SMILES string of the molecule is CC1(C)OC2C3C(=O)OCC24C1C(=O)C(O)C1(C)C4C(CC2(C)C(c4ccoc4)OC(=O)C4OC421)CC31CCCC12CCCC2. The minimum Gasteiger partial charge on any atom is -0.472 e. The molecule has 1 aromatic rings. The van der Waals surface area contributed by atoms with Crippen molar-refractivity contribution in [3.8, 4) is 0 Å². The molecule has 5 heterocycles. The number of furan rings is 1. The van der Waals surface area contributed by atoms with Gasteiger partial charge in [-0.05, 0) is 81.1 Å². The molecule has 13 atom stereocenters. The zero-order valence-electron chi connectivity index (χ0n) is 26.6. The lowest BCUT2D eigenvalue weighted by molar-refractivity contribution is -0.266. The van der Waals surface area contributed by atoms with Gasteiger partial charge < -0.3 is 28.5 Å². The first-order chi connectivity index (χ1) is 21.3. The van der Waals surface area contributed by atoms with Crippen LogP contribution in [0, 0.1) is 50.7 Å². The van der Waals surface area contributed by atoms with E-state index in [-0.39, 0.29) is 41.0 Å². The monoisotopic (exact) mass is 620 g/mol. The van der Waals surface area contributed by atoms with Gasteiger partial charge in [0.1, 0.15) is 24.4 Å². The summed E-state index contributed by atoms with van der Waals surface area (Å²) in [6.45, 7) is 8.16. The highest BCUT2D eigenvalue weighted by Gasteiger charge is 2.93. The van der Waals surface area contributed by atoms with E-state index in [2.05, 4.69) is 6.92 Å². The molecule has 5 saturated carbocycles. The summed E-state index contributed by atoms with van der Waals surface area (Å²) in [5, 5.41) is 12.5. The molecule has 9 fully saturated rings. The maximum atomic E-state index is 14.9. The van der Waals surface area contributed by atoms with E-state index in [1.165, 1.54) is 0 Å². The Kier molecular flexibility index (Phi) is 4.89. The molecule has 0 amide bonds. The Morgan fingerprint density at radius 1 is 0.889 bits per heavy atom. The maximum absolute atomic E-state index is 14.9. The van der Waals surface area contributed by atoms with Gasteiger partial charge in [0.05, 0.1) is 36.1 Å². The first kappa shape index (κ1) is 27.8. The van der Waals surface area contributed by atoms with Gasteiger partial charge in [-0.25, -0.2) is 4.79 Å². The topological polar surface area (TPSA) is 125 Å². The van der Waals surface area contributed by atoms with Crippen LogP contribution in [-0.2, 0) is 33.3 Å². The number of aliphatic hydroxyl groups is 1. The van der Waals surface area contributed by atoms with E-state index in [4.69, 9.17) is 23.4 Å². The Labute approximate surface area is 263 Å². The van der Waals surface area contributed by atoms with Crippen molar-refractivity contribution in [2.75, 3.05) is 6.61 Å². The smallest absolute Gasteiger partial charge is 0.339 e. The van der Waals surface area contributed by atoms with Crippen molar-refractivity contribution in [2.24, 2.45) is 50.7 Å². The van der Waals surface area contributed by atoms with Crippen LogP contribution in [0.15, 0.2) is 23.0 Å². The van der Waals surface area contributed by atoms with Crippen LogP contribution >= 0.6 is 0 Å². The van der Waals surface area contributed by atoms with Crippen molar-refractivity contribution in [2.45, 2.75) is 121 Å². The van der Waals surface area contributed by atoms with Gasteiger partial charge in [-0.1, -0.05) is 33.1 Å². The van der Waals surface area contributed by atoms with E-state index in [0.717, 1.165) is 56.9 Å². The molecule has 9 nitrogen and oxygen atoms in total. The van der Waals surface area contributed by atoms with E-state index in [1.807, 2.05) is 26.8 Å². The second kappa shape index (κ2) is 7.90. The molecular weight excluding hydrogens is 576 g/mol. The quantitative estimate of drug-likeness (QED) is 0.352. The lowest BCUT2D eigenvalue weighted by atomic mass is 9.34. The molecule has 242 valence electrons. The minimum absolute atomic E-state index is 0.0157. The number of ketones is 1. The van der Waals surface area contributed by atoms with E-state index in [9.17, 15) is 19.5 Å². The number of fused-ring (bicyclic) bond motifs is 2. The number of epoxide rings is 1. The summed E-state index contributed by atoms with van der Waals surface area (Å²) in [5.41, 5.74) is -4.32. The average molecular weight is 621 g/mol. The predicted octanol–water partition coefficient (Wildman–Crippen LogP) is 4.69. The highest BCUT2D eigenvalue weighted by molar-refractivity contribution is 5.92. The third-order valence-corrected chi connectivity index (χ3v) is 16.0. The Hall–Kier alpha value is -2.23. The van der Waals surface area contributed by atoms with Crippen LogP contribution in [0.4, 0.5) is 0 Å². The van der Waals surface area contributed by atoms with Crippen molar-refractivity contribution < 1.29 is 42.9 Å². The molecular formula is C36H44O9. The fraction of sp³-hybridized carbons (Fsp3) is 0.806. The number of cyclic esters (lactones) is 2.